The molecule has 0 radical (unpaired) electrons. The minimum atomic E-state index is -0.235. The van der Waals surface area contributed by atoms with Gasteiger partial charge in [-0.05, 0) is 53.6 Å². The molecule has 0 spiro atoms. The summed E-state index contributed by atoms with van der Waals surface area (Å²) in [6.07, 6.45) is -0.0596. The number of anilines is 2. The highest BCUT2D eigenvalue weighted by Crippen LogP contribution is 2.38. The lowest BCUT2D eigenvalue weighted by Gasteiger charge is -2.37. The van der Waals surface area contributed by atoms with E-state index in [1.807, 2.05) is 30.3 Å². The standard InChI is InChI=1S/C27H25FN2O/c1-19(24-13-6-9-20-8-2-3-12-25(20)24)29-17-23-18-30(22-11-7-10-21(28)16-22)26-14-4-5-15-27(26)31-23/h2-16,19,23,29H,17-18H2,1H3/t19-,23?/m1/s1. The second-order valence-electron chi connectivity index (χ2n) is 8.00. The van der Waals surface area contributed by atoms with Crippen LogP contribution in [0.4, 0.5) is 15.8 Å². The first-order chi connectivity index (χ1) is 15.2. The van der Waals surface area contributed by atoms with E-state index in [1.165, 1.54) is 22.4 Å². The summed E-state index contributed by atoms with van der Waals surface area (Å²) in [4.78, 5) is 2.14. The molecule has 0 aromatic heterocycles. The molecular weight excluding hydrogens is 387 g/mol. The highest BCUT2D eigenvalue weighted by atomic mass is 19.1. The van der Waals surface area contributed by atoms with Crippen molar-refractivity contribution in [1.29, 1.82) is 0 Å². The Bertz CT molecular complexity index is 1200. The van der Waals surface area contributed by atoms with E-state index < -0.39 is 0 Å². The van der Waals surface area contributed by atoms with E-state index in [4.69, 9.17) is 4.74 Å². The number of ether oxygens (including phenoxy) is 1. The first-order valence-corrected chi connectivity index (χ1v) is 10.7. The molecule has 0 bridgehead atoms. The van der Waals surface area contributed by atoms with E-state index in [0.29, 0.717) is 13.1 Å². The van der Waals surface area contributed by atoms with Crippen LogP contribution in [0.1, 0.15) is 18.5 Å². The fourth-order valence-corrected chi connectivity index (χ4v) is 4.34. The lowest BCUT2D eigenvalue weighted by molar-refractivity contribution is 0.190. The van der Waals surface area contributed by atoms with E-state index in [-0.39, 0.29) is 18.0 Å². The zero-order valence-electron chi connectivity index (χ0n) is 17.5. The second kappa shape index (κ2) is 8.40. The molecule has 0 saturated heterocycles. The molecular formula is C27H25FN2O. The van der Waals surface area contributed by atoms with Crippen LogP contribution in [0.5, 0.6) is 5.75 Å². The lowest BCUT2D eigenvalue weighted by atomic mass is 9.99. The van der Waals surface area contributed by atoms with Crippen LogP contribution in [0.15, 0.2) is 91.0 Å². The number of benzene rings is 4. The van der Waals surface area contributed by atoms with Gasteiger partial charge in [-0.3, -0.25) is 0 Å². The third kappa shape index (κ3) is 3.99. The third-order valence-corrected chi connectivity index (χ3v) is 5.90. The Morgan fingerprint density at radius 3 is 2.65 bits per heavy atom. The molecule has 2 atom stereocenters. The summed E-state index contributed by atoms with van der Waals surface area (Å²) in [7, 11) is 0. The van der Waals surface area contributed by atoms with Gasteiger partial charge in [-0.25, -0.2) is 4.39 Å². The average molecular weight is 413 g/mol. The van der Waals surface area contributed by atoms with Crippen LogP contribution in [0.25, 0.3) is 10.8 Å². The third-order valence-electron chi connectivity index (χ3n) is 5.90. The minimum Gasteiger partial charge on any atom is -0.485 e. The van der Waals surface area contributed by atoms with Crippen LogP contribution in [-0.2, 0) is 0 Å². The number of nitrogens with one attached hydrogen (secondary N) is 1. The molecule has 1 aliphatic rings. The summed E-state index contributed by atoms with van der Waals surface area (Å²) in [5.74, 6) is 0.586. The van der Waals surface area contributed by atoms with Crippen molar-refractivity contribution in [2.75, 3.05) is 18.0 Å². The zero-order valence-corrected chi connectivity index (χ0v) is 17.5. The van der Waals surface area contributed by atoms with Gasteiger partial charge in [-0.2, -0.15) is 0 Å². The maximum atomic E-state index is 13.9. The van der Waals surface area contributed by atoms with Crippen molar-refractivity contribution in [3.8, 4) is 5.75 Å². The molecule has 31 heavy (non-hydrogen) atoms. The van der Waals surface area contributed by atoms with Gasteiger partial charge in [0.2, 0.25) is 0 Å². The first kappa shape index (κ1) is 19.6. The number of halogens is 1. The van der Waals surface area contributed by atoms with Gasteiger partial charge in [0.05, 0.1) is 12.2 Å². The van der Waals surface area contributed by atoms with Gasteiger partial charge < -0.3 is 15.0 Å². The average Bonchev–Trinajstić information content (AvgIpc) is 2.81. The van der Waals surface area contributed by atoms with Crippen LogP contribution < -0.4 is 15.0 Å². The zero-order chi connectivity index (χ0) is 21.2. The summed E-state index contributed by atoms with van der Waals surface area (Å²) >= 11 is 0. The van der Waals surface area contributed by atoms with Gasteiger partial charge in [0, 0.05) is 18.3 Å². The fraction of sp³-hybridized carbons (Fsp3) is 0.185. The number of rotatable bonds is 5. The summed E-state index contributed by atoms with van der Waals surface area (Å²) in [6, 6.07) is 29.7. The number of fused-ring (bicyclic) bond motifs is 2. The monoisotopic (exact) mass is 412 g/mol. The number of para-hydroxylation sites is 2. The van der Waals surface area contributed by atoms with Crippen LogP contribution >= 0.6 is 0 Å². The predicted octanol–water partition coefficient (Wildman–Crippen LogP) is 6.23. The Kier molecular flexibility index (Phi) is 5.31. The molecule has 4 heteroatoms. The Balaban J connectivity index is 1.36. The molecule has 1 unspecified atom stereocenters. The van der Waals surface area contributed by atoms with Gasteiger partial charge in [-0.1, -0.05) is 60.7 Å². The SMILES string of the molecule is C[C@@H](NCC1CN(c2cccc(F)c2)c2ccccc2O1)c1cccc2ccccc12. The quantitative estimate of drug-likeness (QED) is 0.421. The summed E-state index contributed by atoms with van der Waals surface area (Å²) in [6.45, 7) is 3.52. The van der Waals surface area contributed by atoms with Gasteiger partial charge >= 0.3 is 0 Å². The summed E-state index contributed by atoms with van der Waals surface area (Å²) in [5.41, 5.74) is 3.07. The van der Waals surface area contributed by atoms with Crippen LogP contribution in [0.2, 0.25) is 0 Å². The molecule has 4 aromatic rings. The normalized spacial score (nSPS) is 16.6. The summed E-state index contributed by atoms with van der Waals surface area (Å²) < 4.78 is 20.2. The van der Waals surface area contributed by atoms with Crippen molar-refractivity contribution in [1.82, 2.24) is 5.32 Å². The fourth-order valence-electron chi connectivity index (χ4n) is 4.34. The summed E-state index contributed by atoms with van der Waals surface area (Å²) in [5, 5.41) is 6.16. The lowest BCUT2D eigenvalue weighted by Crippen LogP contribution is -2.44. The Morgan fingerprint density at radius 1 is 0.968 bits per heavy atom. The van der Waals surface area contributed by atoms with Gasteiger partial charge in [0.15, 0.2) is 0 Å². The van der Waals surface area contributed by atoms with Crippen molar-refractivity contribution >= 4 is 22.1 Å². The molecule has 0 fully saturated rings. The van der Waals surface area contributed by atoms with Crippen molar-refractivity contribution in [2.24, 2.45) is 0 Å². The van der Waals surface area contributed by atoms with Crippen LogP contribution in [-0.4, -0.2) is 19.2 Å². The highest BCUT2D eigenvalue weighted by molar-refractivity contribution is 5.86. The van der Waals surface area contributed by atoms with E-state index >= 15 is 0 Å². The van der Waals surface area contributed by atoms with E-state index in [2.05, 4.69) is 59.6 Å². The Labute approximate surface area is 182 Å². The van der Waals surface area contributed by atoms with Gasteiger partial charge in [-0.15, -0.1) is 0 Å². The molecule has 0 saturated carbocycles. The van der Waals surface area contributed by atoms with Crippen molar-refractivity contribution < 1.29 is 9.13 Å². The molecule has 3 nitrogen and oxygen atoms in total. The van der Waals surface area contributed by atoms with Crippen molar-refractivity contribution in [2.45, 2.75) is 19.1 Å². The van der Waals surface area contributed by atoms with Crippen molar-refractivity contribution in [3.63, 3.8) is 0 Å². The van der Waals surface area contributed by atoms with Crippen molar-refractivity contribution in [3.05, 3.63) is 102 Å². The molecule has 0 amide bonds. The van der Waals surface area contributed by atoms with Gasteiger partial charge in [0.25, 0.3) is 0 Å². The molecule has 1 heterocycles. The largest absolute Gasteiger partial charge is 0.485 e. The van der Waals surface area contributed by atoms with Gasteiger partial charge in [0.1, 0.15) is 17.7 Å². The Hall–Kier alpha value is -3.37. The van der Waals surface area contributed by atoms with E-state index in [0.717, 1.165) is 17.1 Å². The molecule has 156 valence electrons. The second-order valence-corrected chi connectivity index (χ2v) is 8.00. The number of hydrogen-bond acceptors (Lipinski definition) is 3. The topological polar surface area (TPSA) is 24.5 Å². The molecule has 4 aromatic carbocycles. The molecule has 1 N–H and O–H groups in total. The smallest absolute Gasteiger partial charge is 0.143 e. The van der Waals surface area contributed by atoms with E-state index in [9.17, 15) is 4.39 Å². The first-order valence-electron chi connectivity index (χ1n) is 10.7. The van der Waals surface area contributed by atoms with E-state index in [1.54, 1.807) is 12.1 Å². The maximum Gasteiger partial charge on any atom is 0.143 e. The van der Waals surface area contributed by atoms with Crippen LogP contribution in [0, 0.1) is 5.82 Å². The number of nitrogens with zero attached hydrogens (tertiary/aromatic N) is 1. The molecule has 5 rings (SSSR count). The van der Waals surface area contributed by atoms with Crippen LogP contribution in [0.3, 0.4) is 0 Å². The predicted molar refractivity (Wildman–Crippen MR) is 125 cm³/mol. The molecule has 0 aliphatic carbocycles. The minimum absolute atomic E-state index is 0.0596. The number of hydrogen-bond donors (Lipinski definition) is 1. The Morgan fingerprint density at radius 2 is 1.74 bits per heavy atom. The molecule has 1 aliphatic heterocycles. The highest BCUT2D eigenvalue weighted by Gasteiger charge is 2.27. The maximum absolute atomic E-state index is 13.9.